The Bertz CT molecular complexity index is 1450. The molecule has 3 heterocycles. The highest BCUT2D eigenvalue weighted by Crippen LogP contribution is 2.41. The Balaban J connectivity index is 1.51. The van der Waals surface area contributed by atoms with Gasteiger partial charge >= 0.3 is 0 Å². The molecule has 0 spiro atoms. The number of ether oxygens (including phenoxy) is 2. The minimum atomic E-state index is -0.366. The van der Waals surface area contributed by atoms with Crippen LogP contribution >= 0.6 is 22.9 Å². The summed E-state index contributed by atoms with van der Waals surface area (Å²) in [7, 11) is 3.05. The summed E-state index contributed by atoms with van der Waals surface area (Å²) >= 11 is 7.87. The van der Waals surface area contributed by atoms with Crippen LogP contribution in [0.2, 0.25) is 5.02 Å². The van der Waals surface area contributed by atoms with Crippen molar-refractivity contribution in [1.29, 1.82) is 0 Å². The van der Waals surface area contributed by atoms with E-state index in [1.54, 1.807) is 18.6 Å². The highest BCUT2D eigenvalue weighted by Gasteiger charge is 2.21. The molecule has 3 aromatic heterocycles. The number of amides is 1. The van der Waals surface area contributed by atoms with Crippen LogP contribution in [0.5, 0.6) is 11.5 Å². The Morgan fingerprint density at radius 2 is 1.75 bits per heavy atom. The summed E-state index contributed by atoms with van der Waals surface area (Å²) < 4.78 is 11.5. The van der Waals surface area contributed by atoms with Crippen LogP contribution in [-0.2, 0) is 0 Å². The zero-order valence-corrected chi connectivity index (χ0v) is 24.7. The van der Waals surface area contributed by atoms with Gasteiger partial charge in [0, 0.05) is 29.6 Å². The van der Waals surface area contributed by atoms with Gasteiger partial charge in [-0.15, -0.1) is 11.3 Å². The van der Waals surface area contributed by atoms with Crippen LogP contribution < -0.4 is 25.4 Å². The number of halogens is 1. The third kappa shape index (κ3) is 6.52. The number of aromatic nitrogens is 4. The number of rotatable bonds is 13. The molecule has 11 nitrogen and oxygen atoms in total. The van der Waals surface area contributed by atoms with Gasteiger partial charge in [0.1, 0.15) is 40.8 Å². The molecular formula is C27H33ClN8O3S. The molecule has 0 saturated carbocycles. The zero-order chi connectivity index (χ0) is 28.6. The second kappa shape index (κ2) is 13.6. The third-order valence-corrected chi connectivity index (χ3v) is 7.84. The first-order chi connectivity index (χ1) is 19.4. The summed E-state index contributed by atoms with van der Waals surface area (Å²) in [6, 6.07) is 3.51. The second-order valence-electron chi connectivity index (χ2n) is 8.82. The van der Waals surface area contributed by atoms with Crippen LogP contribution in [0.1, 0.15) is 36.2 Å². The standard InChI is InChI=1S/C27H33ClN8O3S/c1-6-36(7-2)10-8-9-29-20-12-21(31-14-30-20)34-26-25-24(32-15-33-26)17(13-40-25)27(37)35-23-16(3)18(38-4)11-19(39-5)22(23)28/h11-15H,6-10H2,1-5H3,(H,35,37)(H2,29,30,31,32,33,34). The Morgan fingerprint density at radius 3 is 2.48 bits per heavy atom. The molecule has 0 bridgehead atoms. The summed E-state index contributed by atoms with van der Waals surface area (Å²) in [6.45, 7) is 10.1. The molecule has 4 aromatic rings. The van der Waals surface area contributed by atoms with Gasteiger partial charge in [-0.3, -0.25) is 4.79 Å². The van der Waals surface area contributed by atoms with Crippen LogP contribution in [0.25, 0.3) is 10.2 Å². The fourth-order valence-corrected chi connectivity index (χ4v) is 5.46. The number of carbonyl (C=O) groups is 1. The topological polar surface area (TPSA) is 126 Å². The molecule has 0 aliphatic carbocycles. The lowest BCUT2D eigenvalue weighted by molar-refractivity contribution is 0.102. The number of nitrogens with zero attached hydrogens (tertiary/aromatic N) is 5. The van der Waals surface area contributed by atoms with E-state index in [9.17, 15) is 4.79 Å². The average Bonchev–Trinajstić information content (AvgIpc) is 3.41. The molecule has 212 valence electrons. The van der Waals surface area contributed by atoms with Gasteiger partial charge in [0.05, 0.1) is 35.7 Å². The number of fused-ring (bicyclic) bond motifs is 1. The molecule has 40 heavy (non-hydrogen) atoms. The molecule has 0 aliphatic heterocycles. The number of hydrogen-bond acceptors (Lipinski definition) is 11. The average molecular weight is 585 g/mol. The first-order valence-corrected chi connectivity index (χ1v) is 14.2. The van der Waals surface area contributed by atoms with Crippen molar-refractivity contribution in [2.45, 2.75) is 27.2 Å². The van der Waals surface area contributed by atoms with Crippen LogP contribution in [0.4, 0.5) is 23.1 Å². The van der Waals surface area contributed by atoms with Gasteiger partial charge in [-0.05, 0) is 33.0 Å². The first kappa shape index (κ1) is 29.2. The van der Waals surface area contributed by atoms with E-state index >= 15 is 0 Å². The van der Waals surface area contributed by atoms with E-state index in [0.29, 0.717) is 50.2 Å². The Kier molecular flexibility index (Phi) is 9.91. The highest BCUT2D eigenvalue weighted by molar-refractivity contribution is 7.18. The van der Waals surface area contributed by atoms with Gasteiger partial charge in [0.25, 0.3) is 5.91 Å². The Morgan fingerprint density at radius 1 is 1.02 bits per heavy atom. The smallest absolute Gasteiger partial charge is 0.258 e. The van der Waals surface area contributed by atoms with Gasteiger partial charge in [0.2, 0.25) is 0 Å². The summed E-state index contributed by atoms with van der Waals surface area (Å²) in [5, 5.41) is 11.5. The maximum atomic E-state index is 13.4. The van der Waals surface area contributed by atoms with E-state index in [1.165, 1.54) is 31.1 Å². The van der Waals surface area contributed by atoms with E-state index < -0.39 is 0 Å². The molecule has 1 amide bonds. The van der Waals surface area contributed by atoms with Crippen molar-refractivity contribution < 1.29 is 14.3 Å². The van der Waals surface area contributed by atoms with Crippen molar-refractivity contribution in [1.82, 2.24) is 24.8 Å². The van der Waals surface area contributed by atoms with Crippen molar-refractivity contribution in [2.75, 3.05) is 56.3 Å². The van der Waals surface area contributed by atoms with Crippen LogP contribution in [0.3, 0.4) is 0 Å². The SMILES string of the molecule is CCN(CC)CCCNc1cc(Nc2ncnc3c(C(=O)Nc4c(C)c(OC)cc(OC)c4Cl)csc23)ncn1. The molecule has 0 unspecified atom stereocenters. The fourth-order valence-electron chi connectivity index (χ4n) is 4.20. The van der Waals surface area contributed by atoms with Gasteiger partial charge in [-0.25, -0.2) is 19.9 Å². The monoisotopic (exact) mass is 584 g/mol. The Labute approximate surface area is 242 Å². The lowest BCUT2D eigenvalue weighted by Crippen LogP contribution is -2.25. The first-order valence-electron chi connectivity index (χ1n) is 12.9. The number of methoxy groups -OCH3 is 2. The van der Waals surface area contributed by atoms with Crippen LogP contribution in [0, 0.1) is 6.92 Å². The molecule has 13 heteroatoms. The summed E-state index contributed by atoms with van der Waals surface area (Å²) in [6.07, 6.45) is 3.91. The molecule has 0 atom stereocenters. The third-order valence-electron chi connectivity index (χ3n) is 6.48. The number of anilines is 4. The van der Waals surface area contributed by atoms with Gasteiger partial charge in [-0.2, -0.15) is 0 Å². The number of benzene rings is 1. The van der Waals surface area contributed by atoms with E-state index in [-0.39, 0.29) is 10.9 Å². The second-order valence-corrected chi connectivity index (χ2v) is 10.1. The largest absolute Gasteiger partial charge is 0.496 e. The predicted molar refractivity (Wildman–Crippen MR) is 161 cm³/mol. The van der Waals surface area contributed by atoms with Crippen molar-refractivity contribution in [2.24, 2.45) is 0 Å². The quantitative estimate of drug-likeness (QED) is 0.171. The number of thiophene rings is 1. The maximum Gasteiger partial charge on any atom is 0.258 e. The molecule has 0 saturated heterocycles. The minimum absolute atomic E-state index is 0.284. The summed E-state index contributed by atoms with van der Waals surface area (Å²) in [5.74, 6) is 2.40. The molecule has 3 N–H and O–H groups in total. The van der Waals surface area contributed by atoms with Gasteiger partial charge < -0.3 is 30.3 Å². The minimum Gasteiger partial charge on any atom is -0.496 e. The zero-order valence-electron chi connectivity index (χ0n) is 23.2. The number of nitrogens with one attached hydrogen (secondary N) is 3. The molecule has 0 aliphatic rings. The highest BCUT2D eigenvalue weighted by atomic mass is 35.5. The van der Waals surface area contributed by atoms with Crippen molar-refractivity contribution in [3.63, 3.8) is 0 Å². The van der Waals surface area contributed by atoms with Gasteiger partial charge in [-0.1, -0.05) is 25.4 Å². The maximum absolute atomic E-state index is 13.4. The lowest BCUT2D eigenvalue weighted by Gasteiger charge is -2.17. The molecule has 1 aromatic carbocycles. The van der Waals surface area contributed by atoms with Crippen molar-refractivity contribution in [3.05, 3.63) is 46.3 Å². The van der Waals surface area contributed by atoms with Crippen molar-refractivity contribution in [3.8, 4) is 11.5 Å². The molecular weight excluding hydrogens is 552 g/mol. The number of hydrogen-bond donors (Lipinski definition) is 3. The Hall–Kier alpha value is -3.74. The normalized spacial score (nSPS) is 11.1. The predicted octanol–water partition coefficient (Wildman–Crippen LogP) is 5.60. The molecule has 0 fully saturated rings. The van der Waals surface area contributed by atoms with E-state index in [2.05, 4.69) is 54.6 Å². The number of carbonyl (C=O) groups excluding carboxylic acids is 1. The van der Waals surface area contributed by atoms with E-state index in [1.807, 2.05) is 13.0 Å². The van der Waals surface area contributed by atoms with E-state index in [4.69, 9.17) is 21.1 Å². The van der Waals surface area contributed by atoms with Crippen LogP contribution in [-0.4, -0.2) is 71.1 Å². The molecule has 0 radical (unpaired) electrons. The van der Waals surface area contributed by atoms with Crippen LogP contribution in [0.15, 0.2) is 30.2 Å². The van der Waals surface area contributed by atoms with Crippen molar-refractivity contribution >= 4 is 62.2 Å². The summed E-state index contributed by atoms with van der Waals surface area (Å²) in [4.78, 5) is 33.2. The van der Waals surface area contributed by atoms with Gasteiger partial charge in [0.15, 0.2) is 5.82 Å². The summed E-state index contributed by atoms with van der Waals surface area (Å²) in [5.41, 5.74) is 1.99. The van der Waals surface area contributed by atoms with E-state index in [0.717, 1.165) is 38.4 Å². The lowest BCUT2D eigenvalue weighted by atomic mass is 10.1. The fraction of sp³-hybridized carbons (Fsp3) is 0.370. The molecule has 4 rings (SSSR count).